The Labute approximate surface area is 178 Å². The van der Waals surface area contributed by atoms with Gasteiger partial charge in [0.2, 0.25) is 11.8 Å². The van der Waals surface area contributed by atoms with Gasteiger partial charge in [0.1, 0.15) is 11.9 Å². The van der Waals surface area contributed by atoms with Crippen LogP contribution in [0, 0.1) is 5.82 Å². The summed E-state index contributed by atoms with van der Waals surface area (Å²) in [4.78, 5) is 24.1. The van der Waals surface area contributed by atoms with Crippen LogP contribution in [0.1, 0.15) is 30.4 Å². The third-order valence-corrected chi connectivity index (χ3v) is 5.52. The van der Waals surface area contributed by atoms with Crippen LogP contribution in [0.3, 0.4) is 0 Å². The minimum Gasteiger partial charge on any atom is -0.369 e. The lowest BCUT2D eigenvalue weighted by molar-refractivity contribution is -0.135. The summed E-state index contributed by atoms with van der Waals surface area (Å²) in [6, 6.07) is 9.55. The molecule has 0 radical (unpaired) electrons. The van der Waals surface area contributed by atoms with Crippen LogP contribution in [-0.4, -0.2) is 31.1 Å². The molecule has 154 valence electrons. The van der Waals surface area contributed by atoms with Crippen LogP contribution in [0.15, 0.2) is 36.4 Å². The molecule has 2 amide bonds. The number of rotatable bonds is 6. The molecule has 1 fully saturated rings. The zero-order valence-corrected chi connectivity index (χ0v) is 17.3. The van der Waals surface area contributed by atoms with Gasteiger partial charge in [0.15, 0.2) is 0 Å². The van der Waals surface area contributed by atoms with Gasteiger partial charge in [-0.05, 0) is 48.7 Å². The maximum atomic E-state index is 14.6. The second-order valence-electron chi connectivity index (χ2n) is 6.83. The van der Waals surface area contributed by atoms with Crippen molar-refractivity contribution in [1.29, 1.82) is 0 Å². The number of carbonyl (C=O) groups is 2. The van der Waals surface area contributed by atoms with E-state index in [0.717, 1.165) is 5.56 Å². The minimum absolute atomic E-state index is 0.0437. The van der Waals surface area contributed by atoms with Crippen LogP contribution < -0.4 is 10.6 Å². The maximum Gasteiger partial charge on any atom is 0.249 e. The number of nitrogens with one attached hydrogen (secondary N) is 2. The van der Waals surface area contributed by atoms with E-state index in [0.29, 0.717) is 35.3 Å². The Hall–Kier alpha value is -2.15. The quantitative estimate of drug-likeness (QED) is 0.705. The Kier molecular flexibility index (Phi) is 7.11. The predicted octanol–water partition coefficient (Wildman–Crippen LogP) is 4.32. The van der Waals surface area contributed by atoms with E-state index in [-0.39, 0.29) is 29.7 Å². The molecule has 0 bridgehead atoms. The highest BCUT2D eigenvalue weighted by Crippen LogP contribution is 2.28. The molecule has 0 aliphatic carbocycles. The Bertz CT molecular complexity index is 923. The molecule has 0 aromatic heterocycles. The average molecular weight is 439 g/mol. The van der Waals surface area contributed by atoms with E-state index >= 15 is 0 Å². The fourth-order valence-electron chi connectivity index (χ4n) is 3.30. The van der Waals surface area contributed by atoms with Crippen molar-refractivity contribution in [2.24, 2.45) is 0 Å². The van der Waals surface area contributed by atoms with Gasteiger partial charge in [0.05, 0.1) is 16.5 Å². The van der Waals surface area contributed by atoms with Crippen molar-refractivity contribution in [2.45, 2.75) is 31.8 Å². The van der Waals surface area contributed by atoms with Crippen LogP contribution in [0.5, 0.6) is 0 Å². The second kappa shape index (κ2) is 9.57. The standard InChI is InChI=1S/C21H21Cl2FN2O3/c1-2-29-19-8-14(11-25-21(19)28)12-3-4-13(18(24)7-12)9-20(27)26-15-5-6-16(22)17(23)10-15/h3-7,10,14,19H,2,8-9,11H2,1H3,(H,25,28)(H,26,27). The van der Waals surface area contributed by atoms with Gasteiger partial charge in [-0.25, -0.2) is 4.39 Å². The number of hydrogen-bond donors (Lipinski definition) is 2. The molecule has 1 aliphatic rings. The first-order valence-electron chi connectivity index (χ1n) is 9.30. The van der Waals surface area contributed by atoms with Crippen molar-refractivity contribution >= 4 is 40.7 Å². The smallest absolute Gasteiger partial charge is 0.249 e. The number of carbonyl (C=O) groups excluding carboxylic acids is 2. The van der Waals surface area contributed by atoms with Gasteiger partial charge in [-0.2, -0.15) is 0 Å². The van der Waals surface area contributed by atoms with Gasteiger partial charge in [0.25, 0.3) is 0 Å². The molecule has 2 unspecified atom stereocenters. The van der Waals surface area contributed by atoms with Gasteiger partial charge < -0.3 is 15.4 Å². The maximum absolute atomic E-state index is 14.6. The third-order valence-electron chi connectivity index (χ3n) is 4.78. The lowest BCUT2D eigenvalue weighted by Crippen LogP contribution is -2.45. The highest BCUT2D eigenvalue weighted by atomic mass is 35.5. The monoisotopic (exact) mass is 438 g/mol. The molecule has 2 aromatic carbocycles. The summed E-state index contributed by atoms with van der Waals surface area (Å²) in [7, 11) is 0. The number of ether oxygens (including phenoxy) is 1. The number of piperidine rings is 1. The van der Waals surface area contributed by atoms with Crippen molar-refractivity contribution in [3.63, 3.8) is 0 Å². The van der Waals surface area contributed by atoms with E-state index in [1.54, 1.807) is 24.3 Å². The molecule has 5 nitrogen and oxygen atoms in total. The molecule has 8 heteroatoms. The normalized spacial score (nSPS) is 19.0. The minimum atomic E-state index is -0.529. The number of amides is 2. The van der Waals surface area contributed by atoms with E-state index in [1.807, 2.05) is 6.92 Å². The van der Waals surface area contributed by atoms with Gasteiger partial charge in [-0.1, -0.05) is 35.3 Å². The summed E-state index contributed by atoms with van der Waals surface area (Å²) in [5.74, 6) is -1.01. The van der Waals surface area contributed by atoms with Gasteiger partial charge in [-0.3, -0.25) is 9.59 Å². The highest BCUT2D eigenvalue weighted by molar-refractivity contribution is 6.42. The van der Waals surface area contributed by atoms with Crippen molar-refractivity contribution in [1.82, 2.24) is 5.32 Å². The van der Waals surface area contributed by atoms with Crippen molar-refractivity contribution in [3.05, 3.63) is 63.4 Å². The van der Waals surface area contributed by atoms with Gasteiger partial charge >= 0.3 is 0 Å². The summed E-state index contributed by atoms with van der Waals surface area (Å²) in [5.41, 5.74) is 1.54. The second-order valence-corrected chi connectivity index (χ2v) is 7.64. The third kappa shape index (κ3) is 5.47. The lowest BCUT2D eigenvalue weighted by atomic mass is 9.89. The molecular weight excluding hydrogens is 418 g/mol. The number of halogens is 3. The fourth-order valence-corrected chi connectivity index (χ4v) is 3.60. The van der Waals surface area contributed by atoms with E-state index in [2.05, 4.69) is 10.6 Å². The van der Waals surface area contributed by atoms with Crippen molar-refractivity contribution in [2.75, 3.05) is 18.5 Å². The molecule has 2 aromatic rings. The van der Waals surface area contributed by atoms with Crippen LogP contribution in [0.2, 0.25) is 10.0 Å². The fraction of sp³-hybridized carbons (Fsp3) is 0.333. The Morgan fingerprint density at radius 1 is 1.24 bits per heavy atom. The first-order valence-corrected chi connectivity index (χ1v) is 10.1. The molecule has 0 spiro atoms. The number of benzene rings is 2. The molecule has 1 aliphatic heterocycles. The molecule has 1 saturated heterocycles. The predicted molar refractivity (Wildman–Crippen MR) is 111 cm³/mol. The van der Waals surface area contributed by atoms with Crippen LogP contribution in [0.4, 0.5) is 10.1 Å². The first kappa shape index (κ1) is 21.6. The first-order chi connectivity index (χ1) is 13.9. The summed E-state index contributed by atoms with van der Waals surface area (Å²) in [5, 5.41) is 6.18. The largest absolute Gasteiger partial charge is 0.369 e. The van der Waals surface area contributed by atoms with E-state index in [9.17, 15) is 14.0 Å². The summed E-state index contributed by atoms with van der Waals surface area (Å²) in [6.45, 7) is 2.69. The van der Waals surface area contributed by atoms with Crippen molar-refractivity contribution in [3.8, 4) is 0 Å². The summed E-state index contributed by atoms with van der Waals surface area (Å²) in [6.07, 6.45) is -0.149. The molecule has 29 heavy (non-hydrogen) atoms. The molecule has 2 atom stereocenters. The number of hydrogen-bond acceptors (Lipinski definition) is 3. The summed E-state index contributed by atoms with van der Waals surface area (Å²) >= 11 is 11.8. The van der Waals surface area contributed by atoms with E-state index in [1.165, 1.54) is 12.1 Å². The van der Waals surface area contributed by atoms with Gasteiger partial charge in [0, 0.05) is 24.8 Å². The molecular formula is C21H21Cl2FN2O3. The van der Waals surface area contributed by atoms with Crippen LogP contribution in [0.25, 0.3) is 0 Å². The Morgan fingerprint density at radius 2 is 2.03 bits per heavy atom. The lowest BCUT2D eigenvalue weighted by Gasteiger charge is -2.29. The Morgan fingerprint density at radius 3 is 2.72 bits per heavy atom. The van der Waals surface area contributed by atoms with Crippen LogP contribution in [-0.2, 0) is 20.7 Å². The van der Waals surface area contributed by atoms with Gasteiger partial charge in [-0.15, -0.1) is 0 Å². The summed E-state index contributed by atoms with van der Waals surface area (Å²) < 4.78 is 20.1. The molecule has 2 N–H and O–H groups in total. The SMILES string of the molecule is CCOC1CC(c2ccc(CC(=O)Nc3ccc(Cl)c(Cl)c3)c(F)c2)CNC1=O. The average Bonchev–Trinajstić information content (AvgIpc) is 2.68. The zero-order valence-electron chi connectivity index (χ0n) is 15.8. The molecule has 1 heterocycles. The van der Waals surface area contributed by atoms with E-state index in [4.69, 9.17) is 27.9 Å². The van der Waals surface area contributed by atoms with Crippen LogP contribution >= 0.6 is 23.2 Å². The molecule has 0 saturated carbocycles. The zero-order chi connectivity index (χ0) is 21.0. The highest BCUT2D eigenvalue weighted by Gasteiger charge is 2.30. The Balaban J connectivity index is 1.65. The molecule has 3 rings (SSSR count). The number of anilines is 1. The topological polar surface area (TPSA) is 67.4 Å². The van der Waals surface area contributed by atoms with E-state index < -0.39 is 11.9 Å². The van der Waals surface area contributed by atoms with Crippen molar-refractivity contribution < 1.29 is 18.7 Å².